The normalized spacial score (nSPS) is 10.8. The van der Waals surface area contributed by atoms with Crippen molar-refractivity contribution in [2.45, 2.75) is 11.8 Å². The molecule has 0 fully saturated rings. The van der Waals surface area contributed by atoms with Crippen LogP contribution >= 0.6 is 0 Å². The van der Waals surface area contributed by atoms with E-state index < -0.39 is 15.8 Å². The van der Waals surface area contributed by atoms with Crippen LogP contribution in [0, 0.1) is 24.6 Å². The maximum Gasteiger partial charge on any atom is 0.261 e. The van der Waals surface area contributed by atoms with Gasteiger partial charge in [-0.25, -0.2) is 12.8 Å². The van der Waals surface area contributed by atoms with E-state index in [4.69, 9.17) is 0 Å². The molecule has 0 spiro atoms. The summed E-state index contributed by atoms with van der Waals surface area (Å²) in [6.07, 6.45) is 3.27. The highest BCUT2D eigenvalue weighted by atomic mass is 32.2. The summed E-state index contributed by atoms with van der Waals surface area (Å²) in [5.41, 5.74) is 3.94. The first-order chi connectivity index (χ1) is 15.4. The molecule has 0 saturated carbocycles. The Balaban J connectivity index is 1.63. The number of hydrogen-bond donors (Lipinski definition) is 1. The van der Waals surface area contributed by atoms with Crippen LogP contribution < -0.4 is 4.72 Å². The molecule has 4 aromatic rings. The first-order valence-electron chi connectivity index (χ1n) is 9.83. The van der Waals surface area contributed by atoms with Gasteiger partial charge in [0.05, 0.1) is 16.1 Å². The Morgan fingerprint density at radius 1 is 0.844 bits per heavy atom. The minimum Gasteiger partial charge on any atom is -0.278 e. The van der Waals surface area contributed by atoms with Crippen molar-refractivity contribution in [3.63, 3.8) is 0 Å². The number of benzene rings is 3. The van der Waals surface area contributed by atoms with Crippen LogP contribution in [0.5, 0.6) is 0 Å². The Labute approximate surface area is 186 Å². The first-order valence-corrected chi connectivity index (χ1v) is 11.3. The fraction of sp³-hybridized carbons (Fsp3) is 0.0385. The number of aryl methyl sites for hydroxylation is 1. The van der Waals surface area contributed by atoms with Gasteiger partial charge in [-0.1, -0.05) is 54.3 Å². The summed E-state index contributed by atoms with van der Waals surface area (Å²) >= 11 is 0. The molecule has 0 saturated heterocycles. The lowest BCUT2D eigenvalue weighted by atomic mass is 10.1. The zero-order valence-corrected chi connectivity index (χ0v) is 18.0. The maximum atomic E-state index is 13.9. The van der Waals surface area contributed by atoms with Crippen molar-refractivity contribution in [3.8, 4) is 23.0 Å². The maximum absolute atomic E-state index is 13.9. The molecule has 1 aromatic heterocycles. The zero-order chi connectivity index (χ0) is 22.6. The molecular formula is C26H19FN2O2S. The lowest BCUT2D eigenvalue weighted by Crippen LogP contribution is -2.14. The number of halogens is 1. The van der Waals surface area contributed by atoms with Gasteiger partial charge in [0.15, 0.2) is 0 Å². The van der Waals surface area contributed by atoms with Crippen molar-refractivity contribution >= 4 is 15.7 Å². The summed E-state index contributed by atoms with van der Waals surface area (Å²) in [5.74, 6) is 5.29. The van der Waals surface area contributed by atoms with Crippen molar-refractivity contribution in [3.05, 3.63) is 114 Å². The summed E-state index contributed by atoms with van der Waals surface area (Å²) in [6.45, 7) is 1.89. The topological polar surface area (TPSA) is 59.1 Å². The minimum atomic E-state index is -3.89. The molecule has 6 heteroatoms. The Morgan fingerprint density at radius 2 is 1.53 bits per heavy atom. The monoisotopic (exact) mass is 442 g/mol. The fourth-order valence-electron chi connectivity index (χ4n) is 3.10. The third-order valence-corrected chi connectivity index (χ3v) is 6.25. The number of anilines is 1. The zero-order valence-electron chi connectivity index (χ0n) is 17.2. The summed E-state index contributed by atoms with van der Waals surface area (Å²) in [5, 5.41) is 0. The molecule has 158 valence electrons. The molecule has 4 nitrogen and oxygen atoms in total. The van der Waals surface area contributed by atoms with Gasteiger partial charge in [-0.05, 0) is 60.0 Å². The number of nitrogens with zero attached hydrogens (tertiary/aromatic N) is 1. The van der Waals surface area contributed by atoms with Crippen LogP contribution in [-0.4, -0.2) is 13.4 Å². The lowest BCUT2D eigenvalue weighted by molar-refractivity contribution is 0.601. The number of sulfonamides is 1. The van der Waals surface area contributed by atoms with Crippen LogP contribution in [0.25, 0.3) is 11.1 Å². The van der Waals surface area contributed by atoms with Crippen LogP contribution in [0.15, 0.2) is 96.2 Å². The molecular weight excluding hydrogens is 423 g/mol. The second-order valence-electron chi connectivity index (χ2n) is 7.13. The standard InChI is InChI=1S/C26H19FN2O2S/c1-19-15-16-28-18-23(19)8-7-22-17-24(27)11-14-26(22)29-32(30,31)25-12-9-21(10-13-25)20-5-3-2-4-6-20/h2-6,9-18,29H,1H3. The van der Waals surface area contributed by atoms with Crippen molar-refractivity contribution < 1.29 is 12.8 Å². The molecule has 3 aromatic carbocycles. The summed E-state index contributed by atoms with van der Waals surface area (Å²) in [4.78, 5) is 4.14. The van der Waals surface area contributed by atoms with E-state index in [0.717, 1.165) is 16.7 Å². The van der Waals surface area contributed by atoms with Crippen LogP contribution in [0.4, 0.5) is 10.1 Å². The Kier molecular flexibility index (Phi) is 6.02. The molecule has 0 aliphatic heterocycles. The third-order valence-electron chi connectivity index (χ3n) is 4.87. The molecule has 0 bridgehead atoms. The Hall–Kier alpha value is -3.95. The molecule has 32 heavy (non-hydrogen) atoms. The smallest absolute Gasteiger partial charge is 0.261 e. The highest BCUT2D eigenvalue weighted by Gasteiger charge is 2.16. The number of pyridine rings is 1. The van der Waals surface area contributed by atoms with Crippen LogP contribution in [0.1, 0.15) is 16.7 Å². The van der Waals surface area contributed by atoms with E-state index >= 15 is 0 Å². The van der Waals surface area contributed by atoms with Gasteiger partial charge < -0.3 is 0 Å². The van der Waals surface area contributed by atoms with Crippen LogP contribution in [0.3, 0.4) is 0 Å². The van der Waals surface area contributed by atoms with Crippen molar-refractivity contribution in [1.82, 2.24) is 4.98 Å². The third kappa shape index (κ3) is 4.85. The second-order valence-corrected chi connectivity index (χ2v) is 8.81. The average Bonchev–Trinajstić information content (AvgIpc) is 2.81. The largest absolute Gasteiger partial charge is 0.278 e. The second kappa shape index (κ2) is 9.04. The molecule has 1 N–H and O–H groups in total. The molecule has 4 rings (SSSR count). The van der Waals surface area contributed by atoms with E-state index in [2.05, 4.69) is 21.5 Å². The summed E-state index contributed by atoms with van der Waals surface area (Å²) in [7, 11) is -3.89. The fourth-order valence-corrected chi connectivity index (χ4v) is 4.18. The van der Waals surface area contributed by atoms with Crippen molar-refractivity contribution in [1.29, 1.82) is 0 Å². The molecule has 0 amide bonds. The minimum absolute atomic E-state index is 0.100. The summed E-state index contributed by atoms with van der Waals surface area (Å²) < 4.78 is 42.3. The lowest BCUT2D eigenvalue weighted by Gasteiger charge is -2.11. The van der Waals surface area contributed by atoms with Crippen molar-refractivity contribution in [2.24, 2.45) is 0 Å². The van der Waals surface area contributed by atoms with E-state index in [1.54, 1.807) is 36.7 Å². The number of hydrogen-bond acceptors (Lipinski definition) is 3. The summed E-state index contributed by atoms with van der Waals surface area (Å²) in [6, 6.07) is 21.8. The van der Waals surface area contributed by atoms with E-state index in [1.165, 1.54) is 18.2 Å². The van der Waals surface area contributed by atoms with Gasteiger partial charge >= 0.3 is 0 Å². The highest BCUT2D eigenvalue weighted by Crippen LogP contribution is 2.24. The number of nitrogens with one attached hydrogen (secondary N) is 1. The Morgan fingerprint density at radius 3 is 2.25 bits per heavy atom. The van der Waals surface area contributed by atoms with Gasteiger partial charge in [-0.3, -0.25) is 9.71 Å². The quantitative estimate of drug-likeness (QED) is 0.431. The predicted octanol–water partition coefficient (Wildman–Crippen LogP) is 5.40. The highest BCUT2D eigenvalue weighted by molar-refractivity contribution is 7.92. The molecule has 0 radical (unpaired) electrons. The number of aromatic nitrogens is 1. The van der Waals surface area contributed by atoms with Crippen LogP contribution in [-0.2, 0) is 10.0 Å². The van der Waals surface area contributed by atoms with Crippen molar-refractivity contribution in [2.75, 3.05) is 4.72 Å². The first kappa shape index (κ1) is 21.3. The predicted molar refractivity (Wildman–Crippen MR) is 124 cm³/mol. The van der Waals surface area contributed by atoms with Crippen LogP contribution in [0.2, 0.25) is 0 Å². The molecule has 0 atom stereocenters. The van der Waals surface area contributed by atoms with E-state index in [9.17, 15) is 12.8 Å². The molecule has 1 heterocycles. The molecule has 0 aliphatic carbocycles. The van der Waals surface area contributed by atoms with E-state index in [1.807, 2.05) is 43.3 Å². The van der Waals surface area contributed by atoms with Gasteiger partial charge in [0, 0.05) is 18.0 Å². The van der Waals surface area contributed by atoms with Gasteiger partial charge in [0.25, 0.3) is 10.0 Å². The van der Waals surface area contributed by atoms with Gasteiger partial charge in [0.2, 0.25) is 0 Å². The Bertz CT molecular complexity index is 1420. The van der Waals surface area contributed by atoms with E-state index in [-0.39, 0.29) is 16.1 Å². The SMILES string of the molecule is Cc1ccncc1C#Cc1cc(F)ccc1NS(=O)(=O)c1ccc(-c2ccccc2)cc1. The van der Waals surface area contributed by atoms with Gasteiger partial charge in [-0.2, -0.15) is 0 Å². The molecule has 0 unspecified atom stereocenters. The van der Waals surface area contributed by atoms with Gasteiger partial charge in [0.1, 0.15) is 5.82 Å². The molecule has 0 aliphatic rings. The average molecular weight is 443 g/mol. The van der Waals surface area contributed by atoms with E-state index in [0.29, 0.717) is 5.56 Å². The van der Waals surface area contributed by atoms with Gasteiger partial charge in [-0.15, -0.1) is 0 Å². The number of rotatable bonds is 4.